The Morgan fingerprint density at radius 2 is 1.62 bits per heavy atom. The van der Waals surface area contributed by atoms with E-state index in [-0.39, 0.29) is 6.04 Å². The first-order chi connectivity index (χ1) is 14.2. The molecule has 0 aliphatic carbocycles. The van der Waals surface area contributed by atoms with Crippen LogP contribution < -0.4 is 5.32 Å². The minimum atomic E-state index is 0.220. The first kappa shape index (κ1) is 19.4. The number of halogens is 1. The molecule has 1 N–H and O–H groups in total. The van der Waals surface area contributed by atoms with Crippen LogP contribution in [0.25, 0.3) is 11.3 Å². The van der Waals surface area contributed by atoms with Gasteiger partial charge in [0, 0.05) is 23.2 Å². The molecule has 0 bridgehead atoms. The fourth-order valence-corrected chi connectivity index (χ4v) is 3.51. The average molecular weight is 403 g/mol. The van der Waals surface area contributed by atoms with Crippen molar-refractivity contribution in [1.82, 2.24) is 20.3 Å². The quantitative estimate of drug-likeness (QED) is 0.444. The molecule has 1 aromatic heterocycles. The minimum Gasteiger partial charge on any atom is -0.304 e. The van der Waals surface area contributed by atoms with E-state index in [9.17, 15) is 0 Å². The van der Waals surface area contributed by atoms with Gasteiger partial charge in [-0.15, -0.1) is 0 Å². The highest BCUT2D eigenvalue weighted by atomic mass is 35.5. The standard InChI is InChI=1S/C24H23ClN4/c1-18(20-10-4-2-5-11-20)26-16-23-24(21-12-6-3-7-13-21)28-29(27-23)17-19-9-8-14-22(25)15-19/h2-15,18,26H,16-17H2,1H3/t18-/m1/s1. The van der Waals surface area contributed by atoms with E-state index in [2.05, 4.69) is 48.6 Å². The van der Waals surface area contributed by atoms with E-state index in [4.69, 9.17) is 21.8 Å². The van der Waals surface area contributed by atoms with Crippen molar-refractivity contribution in [2.75, 3.05) is 0 Å². The summed E-state index contributed by atoms with van der Waals surface area (Å²) in [5.41, 5.74) is 5.22. The average Bonchev–Trinajstić information content (AvgIpc) is 3.16. The van der Waals surface area contributed by atoms with Crippen molar-refractivity contribution in [2.24, 2.45) is 0 Å². The molecule has 0 unspecified atom stereocenters. The highest BCUT2D eigenvalue weighted by molar-refractivity contribution is 6.30. The molecule has 0 saturated carbocycles. The molecule has 4 aromatic rings. The third-order valence-electron chi connectivity index (χ3n) is 4.86. The van der Waals surface area contributed by atoms with Gasteiger partial charge in [-0.2, -0.15) is 15.0 Å². The van der Waals surface area contributed by atoms with Crippen LogP contribution in [0.5, 0.6) is 0 Å². The Labute approximate surface area is 176 Å². The van der Waals surface area contributed by atoms with Crippen molar-refractivity contribution in [2.45, 2.75) is 26.1 Å². The Bertz CT molecular complexity index is 1060. The molecule has 0 saturated heterocycles. The summed E-state index contributed by atoms with van der Waals surface area (Å²) in [6.45, 7) is 3.37. The largest absolute Gasteiger partial charge is 0.304 e. The van der Waals surface area contributed by atoms with Crippen molar-refractivity contribution >= 4 is 11.6 Å². The van der Waals surface area contributed by atoms with Gasteiger partial charge < -0.3 is 5.32 Å². The first-order valence-corrected chi connectivity index (χ1v) is 10.1. The third kappa shape index (κ3) is 4.91. The van der Waals surface area contributed by atoms with Gasteiger partial charge in [0.1, 0.15) is 11.4 Å². The van der Waals surface area contributed by atoms with Gasteiger partial charge >= 0.3 is 0 Å². The summed E-state index contributed by atoms with van der Waals surface area (Å²) in [4.78, 5) is 1.75. The molecule has 3 aromatic carbocycles. The third-order valence-corrected chi connectivity index (χ3v) is 5.10. The van der Waals surface area contributed by atoms with Crippen LogP contribution in [0.15, 0.2) is 84.9 Å². The summed E-state index contributed by atoms with van der Waals surface area (Å²) >= 11 is 6.13. The van der Waals surface area contributed by atoms with Gasteiger partial charge in [0.05, 0.1) is 6.54 Å². The van der Waals surface area contributed by atoms with E-state index in [1.165, 1.54) is 5.56 Å². The van der Waals surface area contributed by atoms with Crippen molar-refractivity contribution in [3.8, 4) is 11.3 Å². The summed E-state index contributed by atoms with van der Waals surface area (Å²) in [6, 6.07) is 28.6. The number of nitrogens with zero attached hydrogens (tertiary/aromatic N) is 3. The van der Waals surface area contributed by atoms with Crippen LogP contribution in [0.4, 0.5) is 0 Å². The fourth-order valence-electron chi connectivity index (χ4n) is 3.30. The predicted octanol–water partition coefficient (Wildman–Crippen LogP) is 5.50. The molecule has 4 nitrogen and oxygen atoms in total. The van der Waals surface area contributed by atoms with Gasteiger partial charge in [-0.1, -0.05) is 84.4 Å². The molecule has 0 spiro atoms. The van der Waals surface area contributed by atoms with Crippen molar-refractivity contribution < 1.29 is 0 Å². The molecule has 4 rings (SSSR count). The van der Waals surface area contributed by atoms with Crippen molar-refractivity contribution in [3.05, 3.63) is 107 Å². The highest BCUT2D eigenvalue weighted by Gasteiger charge is 2.15. The molecule has 0 fully saturated rings. The number of hydrogen-bond acceptors (Lipinski definition) is 3. The Kier molecular flexibility index (Phi) is 6.03. The van der Waals surface area contributed by atoms with Crippen LogP contribution in [0.1, 0.15) is 29.8 Å². The molecule has 0 aliphatic heterocycles. The van der Waals surface area contributed by atoms with E-state index in [0.29, 0.717) is 13.1 Å². The Morgan fingerprint density at radius 1 is 0.897 bits per heavy atom. The van der Waals surface area contributed by atoms with E-state index >= 15 is 0 Å². The topological polar surface area (TPSA) is 42.7 Å². The van der Waals surface area contributed by atoms with Gasteiger partial charge in [0.25, 0.3) is 0 Å². The van der Waals surface area contributed by atoms with Crippen LogP contribution in [0, 0.1) is 0 Å². The number of nitrogens with one attached hydrogen (secondary N) is 1. The van der Waals surface area contributed by atoms with E-state index < -0.39 is 0 Å². The zero-order valence-corrected chi connectivity index (χ0v) is 17.1. The summed E-state index contributed by atoms with van der Waals surface area (Å²) in [5.74, 6) is 0. The van der Waals surface area contributed by atoms with E-state index in [1.54, 1.807) is 4.80 Å². The number of hydrogen-bond donors (Lipinski definition) is 1. The second kappa shape index (κ2) is 9.03. The monoisotopic (exact) mass is 402 g/mol. The van der Waals surface area contributed by atoms with Gasteiger partial charge in [-0.25, -0.2) is 0 Å². The van der Waals surface area contributed by atoms with Crippen molar-refractivity contribution in [1.29, 1.82) is 0 Å². The Hall–Kier alpha value is -2.95. The smallest absolute Gasteiger partial charge is 0.117 e. The molecule has 0 radical (unpaired) electrons. The number of rotatable bonds is 7. The minimum absolute atomic E-state index is 0.220. The molecule has 1 heterocycles. The van der Waals surface area contributed by atoms with Crippen LogP contribution in [-0.4, -0.2) is 15.0 Å². The van der Waals surface area contributed by atoms with Crippen LogP contribution >= 0.6 is 11.6 Å². The lowest BCUT2D eigenvalue weighted by Gasteiger charge is -2.13. The number of aromatic nitrogens is 3. The molecule has 0 aliphatic rings. The van der Waals surface area contributed by atoms with Crippen molar-refractivity contribution in [3.63, 3.8) is 0 Å². The normalized spacial score (nSPS) is 12.1. The second-order valence-corrected chi connectivity index (χ2v) is 7.47. The summed E-state index contributed by atoms with van der Waals surface area (Å²) in [7, 11) is 0. The fraction of sp³-hybridized carbons (Fsp3) is 0.167. The molecular formula is C24H23ClN4. The van der Waals surface area contributed by atoms with Gasteiger partial charge in [-0.05, 0) is 30.2 Å². The first-order valence-electron chi connectivity index (χ1n) is 9.71. The summed E-state index contributed by atoms with van der Waals surface area (Å²) < 4.78 is 0. The molecule has 5 heteroatoms. The van der Waals surface area contributed by atoms with Crippen LogP contribution in [0.2, 0.25) is 5.02 Å². The lowest BCUT2D eigenvalue weighted by atomic mass is 10.1. The zero-order chi connectivity index (χ0) is 20.1. The van der Waals surface area contributed by atoms with E-state index in [1.807, 2.05) is 48.5 Å². The van der Waals surface area contributed by atoms with Crippen LogP contribution in [0.3, 0.4) is 0 Å². The lowest BCUT2D eigenvalue weighted by molar-refractivity contribution is 0.547. The Balaban J connectivity index is 1.58. The maximum Gasteiger partial charge on any atom is 0.117 e. The summed E-state index contributed by atoms with van der Waals surface area (Å²) in [5, 5.41) is 13.8. The second-order valence-electron chi connectivity index (χ2n) is 7.03. The zero-order valence-electron chi connectivity index (χ0n) is 16.3. The highest BCUT2D eigenvalue weighted by Crippen LogP contribution is 2.22. The van der Waals surface area contributed by atoms with E-state index in [0.717, 1.165) is 27.5 Å². The molecule has 1 atom stereocenters. The Morgan fingerprint density at radius 3 is 2.34 bits per heavy atom. The molecular weight excluding hydrogens is 380 g/mol. The molecule has 146 valence electrons. The van der Waals surface area contributed by atoms with Gasteiger partial charge in [0.15, 0.2) is 0 Å². The molecule has 29 heavy (non-hydrogen) atoms. The molecule has 0 amide bonds. The lowest BCUT2D eigenvalue weighted by Crippen LogP contribution is -2.19. The van der Waals surface area contributed by atoms with Crippen LogP contribution in [-0.2, 0) is 13.1 Å². The van der Waals surface area contributed by atoms with Gasteiger partial charge in [-0.3, -0.25) is 0 Å². The summed E-state index contributed by atoms with van der Waals surface area (Å²) in [6.07, 6.45) is 0. The SMILES string of the molecule is C[C@@H](NCc1nn(Cc2cccc(Cl)c2)nc1-c1ccccc1)c1ccccc1. The predicted molar refractivity (Wildman–Crippen MR) is 118 cm³/mol. The maximum absolute atomic E-state index is 6.13. The van der Waals surface area contributed by atoms with Gasteiger partial charge in [0.2, 0.25) is 0 Å². The number of benzene rings is 3. The maximum atomic E-state index is 6.13.